The van der Waals surface area contributed by atoms with E-state index in [1.165, 1.54) is 4.90 Å². The molecule has 0 aromatic heterocycles. The normalized spacial score (nSPS) is 9.47. The van der Waals surface area contributed by atoms with Crippen molar-refractivity contribution in [3.8, 4) is 18.1 Å². The number of anilines is 1. The lowest BCUT2D eigenvalue weighted by Crippen LogP contribution is -2.28. The average molecular weight is 232 g/mol. The van der Waals surface area contributed by atoms with Gasteiger partial charge in [-0.05, 0) is 19.1 Å². The summed E-state index contributed by atoms with van der Waals surface area (Å²) in [5.74, 6) is 2.67. The maximum atomic E-state index is 12.1. The van der Waals surface area contributed by atoms with Crippen LogP contribution in [0.15, 0.2) is 18.2 Å². The number of carbonyl (C=O) groups excluding carboxylic acids is 1. The van der Waals surface area contributed by atoms with E-state index < -0.39 is 0 Å². The number of carbonyl (C=O) groups is 1. The van der Waals surface area contributed by atoms with Crippen molar-refractivity contribution in [3.05, 3.63) is 23.8 Å². The molecule has 0 saturated carbocycles. The second-order valence-electron chi connectivity index (χ2n) is 3.52. The number of benzene rings is 1. The monoisotopic (exact) mass is 232 g/mol. The number of nitrogens with zero attached hydrogens (tertiary/aromatic N) is 1. The van der Waals surface area contributed by atoms with Gasteiger partial charge in [-0.25, -0.2) is 0 Å². The number of hydrogen-bond acceptors (Lipinski definition) is 3. The van der Waals surface area contributed by atoms with Crippen LogP contribution in [0.1, 0.15) is 17.3 Å². The second kappa shape index (κ2) is 5.80. The Morgan fingerprint density at radius 2 is 2.29 bits per heavy atom. The average Bonchev–Trinajstić information content (AvgIpc) is 2.29. The molecule has 1 rings (SSSR count). The molecule has 0 bridgehead atoms. The second-order valence-corrected chi connectivity index (χ2v) is 3.52. The standard InChI is InChI=1S/C13H16N2O2/c1-4-9-15(3)13(16)12-10(14)7-6-8-11(12)17-5-2/h1,6-8H,5,9,14H2,2-3H3. The number of amides is 1. The fraction of sp³-hybridized carbons (Fsp3) is 0.308. The lowest BCUT2D eigenvalue weighted by atomic mass is 10.1. The molecule has 17 heavy (non-hydrogen) atoms. The largest absolute Gasteiger partial charge is 0.493 e. The Balaban J connectivity index is 3.11. The van der Waals surface area contributed by atoms with Gasteiger partial charge < -0.3 is 15.4 Å². The molecule has 0 aliphatic rings. The number of nitrogen functional groups attached to an aromatic ring is 1. The van der Waals surface area contributed by atoms with Crippen LogP contribution in [0.3, 0.4) is 0 Å². The molecule has 0 heterocycles. The van der Waals surface area contributed by atoms with Crippen molar-refractivity contribution in [1.82, 2.24) is 4.90 Å². The molecule has 4 heteroatoms. The predicted molar refractivity (Wildman–Crippen MR) is 67.8 cm³/mol. The summed E-state index contributed by atoms with van der Waals surface area (Å²) >= 11 is 0. The molecule has 0 fully saturated rings. The molecule has 0 atom stereocenters. The zero-order valence-corrected chi connectivity index (χ0v) is 10.1. The summed E-state index contributed by atoms with van der Waals surface area (Å²) in [6.45, 7) is 2.56. The fourth-order valence-electron chi connectivity index (χ4n) is 1.45. The molecule has 1 aromatic carbocycles. The first-order valence-corrected chi connectivity index (χ1v) is 5.32. The summed E-state index contributed by atoms with van der Waals surface area (Å²) in [6, 6.07) is 5.13. The summed E-state index contributed by atoms with van der Waals surface area (Å²) in [5, 5.41) is 0. The van der Waals surface area contributed by atoms with Crippen LogP contribution < -0.4 is 10.5 Å². The van der Waals surface area contributed by atoms with Gasteiger partial charge in [0.2, 0.25) is 0 Å². The molecule has 1 aromatic rings. The number of hydrogen-bond donors (Lipinski definition) is 1. The highest BCUT2D eigenvalue weighted by molar-refractivity contribution is 6.01. The van der Waals surface area contributed by atoms with Crippen molar-refractivity contribution in [1.29, 1.82) is 0 Å². The quantitative estimate of drug-likeness (QED) is 0.630. The van der Waals surface area contributed by atoms with Crippen molar-refractivity contribution < 1.29 is 9.53 Å². The first-order chi connectivity index (χ1) is 8.11. The van der Waals surface area contributed by atoms with Crippen molar-refractivity contribution in [2.75, 3.05) is 25.9 Å². The van der Waals surface area contributed by atoms with Crippen LogP contribution in [0.2, 0.25) is 0 Å². The molecular formula is C13H16N2O2. The van der Waals surface area contributed by atoms with Gasteiger partial charge in [0, 0.05) is 12.7 Å². The van der Waals surface area contributed by atoms with Gasteiger partial charge in [-0.3, -0.25) is 4.79 Å². The Kier molecular flexibility index (Phi) is 4.41. The third kappa shape index (κ3) is 2.91. The summed E-state index contributed by atoms with van der Waals surface area (Å²) in [4.78, 5) is 13.5. The summed E-state index contributed by atoms with van der Waals surface area (Å²) in [5.41, 5.74) is 6.57. The molecule has 0 aliphatic heterocycles. The SMILES string of the molecule is C#CCN(C)C(=O)c1c(N)cccc1OCC. The molecule has 4 nitrogen and oxygen atoms in total. The van der Waals surface area contributed by atoms with E-state index in [2.05, 4.69) is 5.92 Å². The van der Waals surface area contributed by atoms with Crippen LogP contribution in [0, 0.1) is 12.3 Å². The Morgan fingerprint density at radius 3 is 2.88 bits per heavy atom. The summed E-state index contributed by atoms with van der Waals surface area (Å²) in [7, 11) is 1.63. The predicted octanol–water partition coefficient (Wildman–Crippen LogP) is 1.37. The van der Waals surface area contributed by atoms with Gasteiger partial charge in [0.25, 0.3) is 5.91 Å². The Hall–Kier alpha value is -2.15. The van der Waals surface area contributed by atoms with Crippen LogP contribution in [-0.2, 0) is 0 Å². The molecule has 0 unspecified atom stereocenters. The van der Waals surface area contributed by atoms with E-state index >= 15 is 0 Å². The molecule has 90 valence electrons. The molecule has 2 N–H and O–H groups in total. The lowest BCUT2D eigenvalue weighted by Gasteiger charge is -2.17. The van der Waals surface area contributed by atoms with Crippen LogP contribution in [0.5, 0.6) is 5.75 Å². The maximum absolute atomic E-state index is 12.1. The van der Waals surface area contributed by atoms with E-state index in [0.717, 1.165) is 0 Å². The van der Waals surface area contributed by atoms with Gasteiger partial charge in [0.1, 0.15) is 11.3 Å². The minimum absolute atomic E-state index is 0.232. The number of nitrogens with two attached hydrogens (primary N) is 1. The third-order valence-electron chi connectivity index (χ3n) is 2.25. The molecule has 0 aliphatic carbocycles. The van der Waals surface area contributed by atoms with Crippen molar-refractivity contribution >= 4 is 11.6 Å². The van der Waals surface area contributed by atoms with Crippen molar-refractivity contribution in [3.63, 3.8) is 0 Å². The first kappa shape index (κ1) is 12.9. The van der Waals surface area contributed by atoms with Gasteiger partial charge in [-0.15, -0.1) is 6.42 Å². The lowest BCUT2D eigenvalue weighted by molar-refractivity contribution is 0.0809. The van der Waals surface area contributed by atoms with Gasteiger partial charge in [0.05, 0.1) is 13.2 Å². The molecule has 1 amide bonds. The summed E-state index contributed by atoms with van der Waals surface area (Å²) < 4.78 is 5.39. The van der Waals surface area contributed by atoms with Crippen LogP contribution in [0.25, 0.3) is 0 Å². The zero-order valence-electron chi connectivity index (χ0n) is 10.1. The smallest absolute Gasteiger partial charge is 0.260 e. The highest BCUT2D eigenvalue weighted by atomic mass is 16.5. The Labute approximate surface area is 101 Å². The summed E-state index contributed by atoms with van der Waals surface area (Å²) in [6.07, 6.45) is 5.17. The van der Waals surface area contributed by atoms with E-state index in [9.17, 15) is 4.79 Å². The first-order valence-electron chi connectivity index (χ1n) is 5.32. The highest BCUT2D eigenvalue weighted by Crippen LogP contribution is 2.25. The van der Waals surface area contributed by atoms with Gasteiger partial charge in [-0.2, -0.15) is 0 Å². The van der Waals surface area contributed by atoms with Crippen molar-refractivity contribution in [2.45, 2.75) is 6.92 Å². The molecular weight excluding hydrogens is 216 g/mol. The van der Waals surface area contributed by atoms with E-state index in [4.69, 9.17) is 16.9 Å². The minimum atomic E-state index is -0.232. The Bertz CT molecular complexity index is 449. The van der Waals surface area contributed by atoms with E-state index in [1.807, 2.05) is 6.92 Å². The molecule has 0 saturated heterocycles. The molecule has 0 radical (unpaired) electrons. The number of terminal acetylenes is 1. The highest BCUT2D eigenvalue weighted by Gasteiger charge is 2.19. The van der Waals surface area contributed by atoms with E-state index in [0.29, 0.717) is 23.6 Å². The van der Waals surface area contributed by atoms with Gasteiger partial charge in [-0.1, -0.05) is 12.0 Å². The van der Waals surface area contributed by atoms with E-state index in [-0.39, 0.29) is 12.5 Å². The van der Waals surface area contributed by atoms with Gasteiger partial charge in [0.15, 0.2) is 0 Å². The third-order valence-corrected chi connectivity index (χ3v) is 2.25. The Morgan fingerprint density at radius 1 is 1.59 bits per heavy atom. The van der Waals surface area contributed by atoms with Crippen molar-refractivity contribution in [2.24, 2.45) is 0 Å². The number of ether oxygens (including phenoxy) is 1. The fourth-order valence-corrected chi connectivity index (χ4v) is 1.45. The topological polar surface area (TPSA) is 55.6 Å². The minimum Gasteiger partial charge on any atom is -0.493 e. The number of rotatable bonds is 4. The van der Waals surface area contributed by atoms with Crippen LogP contribution >= 0.6 is 0 Å². The van der Waals surface area contributed by atoms with Gasteiger partial charge >= 0.3 is 0 Å². The maximum Gasteiger partial charge on any atom is 0.260 e. The molecule has 0 spiro atoms. The van der Waals surface area contributed by atoms with Crippen LogP contribution in [-0.4, -0.2) is 31.0 Å². The zero-order chi connectivity index (χ0) is 12.8. The van der Waals surface area contributed by atoms with E-state index in [1.54, 1.807) is 25.2 Å². The van der Waals surface area contributed by atoms with Crippen LogP contribution in [0.4, 0.5) is 5.69 Å².